The summed E-state index contributed by atoms with van der Waals surface area (Å²) < 4.78 is 0.205. The number of nitrogens with zero attached hydrogens (tertiary/aromatic N) is 1. The number of rotatable bonds is 19. The first kappa shape index (κ1) is 29.1. The van der Waals surface area contributed by atoms with Gasteiger partial charge in [-0.25, -0.2) is 0 Å². The van der Waals surface area contributed by atoms with Crippen LogP contribution in [-0.4, -0.2) is 58.8 Å². The first-order chi connectivity index (χ1) is 14.7. The Labute approximate surface area is 187 Å². The van der Waals surface area contributed by atoms with Gasteiger partial charge in [0.05, 0.1) is 32.1 Å². The van der Waals surface area contributed by atoms with Crippen LogP contribution < -0.4 is 5.11 Å². The molecule has 0 heterocycles. The van der Waals surface area contributed by atoms with Crippen LogP contribution in [-0.2, 0) is 14.4 Å². The Bertz CT molecular complexity index is 515. The largest absolute Gasteiger partial charge is 0.550 e. The van der Waals surface area contributed by atoms with E-state index >= 15 is 0 Å². The van der Waals surface area contributed by atoms with E-state index in [1.54, 1.807) is 20.8 Å². The molecule has 0 fully saturated rings. The summed E-state index contributed by atoms with van der Waals surface area (Å²) in [6.45, 7) is 8.67. The highest BCUT2D eigenvalue weighted by atomic mass is 16.4. The molecule has 0 spiro atoms. The van der Waals surface area contributed by atoms with Crippen molar-refractivity contribution in [2.24, 2.45) is 17.8 Å². The molecule has 0 rings (SSSR count). The molecule has 0 bridgehead atoms. The third kappa shape index (κ3) is 11.3. The SMILES string of the molecule is C/C=C/CCCCCC[N+](CC(CC)C(=O)[O-])(CC(CC)C(=O)O)CC(CC)C(=O)O. The van der Waals surface area contributed by atoms with Crippen LogP contribution in [0.1, 0.15) is 79.1 Å². The highest BCUT2D eigenvalue weighted by molar-refractivity contribution is 5.70. The van der Waals surface area contributed by atoms with Crippen molar-refractivity contribution in [3.05, 3.63) is 12.2 Å². The molecule has 0 aliphatic carbocycles. The predicted molar refractivity (Wildman–Crippen MR) is 119 cm³/mol. The molecule has 0 saturated carbocycles. The van der Waals surface area contributed by atoms with Crippen molar-refractivity contribution < 1.29 is 34.2 Å². The fourth-order valence-corrected chi connectivity index (χ4v) is 4.26. The molecule has 0 aromatic carbocycles. The van der Waals surface area contributed by atoms with Gasteiger partial charge in [0.2, 0.25) is 0 Å². The molecule has 3 unspecified atom stereocenters. The lowest BCUT2D eigenvalue weighted by Crippen LogP contribution is -2.59. The van der Waals surface area contributed by atoms with Gasteiger partial charge in [0, 0.05) is 5.92 Å². The number of hydrogen-bond acceptors (Lipinski definition) is 4. The molecule has 0 aliphatic heterocycles. The van der Waals surface area contributed by atoms with E-state index in [2.05, 4.69) is 6.08 Å². The van der Waals surface area contributed by atoms with E-state index in [0.717, 1.165) is 32.1 Å². The second-order valence-electron chi connectivity index (χ2n) is 8.70. The van der Waals surface area contributed by atoms with Crippen LogP contribution in [0.4, 0.5) is 0 Å². The van der Waals surface area contributed by atoms with Gasteiger partial charge in [-0.15, -0.1) is 0 Å². The maximum absolute atomic E-state index is 11.8. The Balaban J connectivity index is 5.75. The summed E-state index contributed by atoms with van der Waals surface area (Å²) in [5.41, 5.74) is 0. The van der Waals surface area contributed by atoms with Gasteiger partial charge >= 0.3 is 11.9 Å². The average molecular weight is 442 g/mol. The van der Waals surface area contributed by atoms with E-state index in [4.69, 9.17) is 0 Å². The molecular formula is C24H43NO6. The van der Waals surface area contributed by atoms with Crippen molar-refractivity contribution in [2.45, 2.75) is 79.1 Å². The minimum atomic E-state index is -1.15. The van der Waals surface area contributed by atoms with E-state index in [9.17, 15) is 29.7 Å². The van der Waals surface area contributed by atoms with Crippen molar-refractivity contribution in [3.8, 4) is 0 Å². The zero-order valence-corrected chi connectivity index (χ0v) is 19.8. The fraction of sp³-hybridized carbons (Fsp3) is 0.792. The highest BCUT2D eigenvalue weighted by Gasteiger charge is 2.39. The molecule has 0 aromatic heterocycles. The molecule has 0 aliphatic rings. The van der Waals surface area contributed by atoms with Crippen molar-refractivity contribution in [1.82, 2.24) is 0 Å². The summed E-state index contributed by atoms with van der Waals surface area (Å²) in [7, 11) is 0. The zero-order chi connectivity index (χ0) is 23.9. The standard InChI is InChI=1S/C24H43NO6/c1-5-9-10-11-12-13-14-15-25(16-19(6-2)22(26)27,17-20(7-3)23(28)29)18-21(8-4)24(30)31/h5,9,19-21H,6-8,10-18H2,1-4H3,(H2-,26,27,28,29,30,31)/b9-5+. The number of unbranched alkanes of at least 4 members (excludes halogenated alkanes) is 4. The van der Waals surface area contributed by atoms with E-state index in [1.165, 1.54) is 0 Å². The first-order valence-electron chi connectivity index (χ1n) is 11.8. The van der Waals surface area contributed by atoms with Gasteiger partial charge in [0.15, 0.2) is 0 Å². The Morgan fingerprint density at radius 3 is 1.65 bits per heavy atom. The number of carboxylic acid groups (broad SMARTS) is 3. The maximum atomic E-state index is 11.8. The normalized spacial score (nSPS) is 16.5. The van der Waals surface area contributed by atoms with E-state index in [1.807, 2.05) is 13.0 Å². The lowest BCUT2D eigenvalue weighted by Gasteiger charge is -2.44. The second-order valence-corrected chi connectivity index (χ2v) is 8.70. The molecule has 0 amide bonds. The highest BCUT2D eigenvalue weighted by Crippen LogP contribution is 2.25. The minimum Gasteiger partial charge on any atom is -0.550 e. The summed E-state index contributed by atoms with van der Waals surface area (Å²) in [4.78, 5) is 35.3. The van der Waals surface area contributed by atoms with Crippen LogP contribution in [0.2, 0.25) is 0 Å². The van der Waals surface area contributed by atoms with Gasteiger partial charge in [-0.3, -0.25) is 9.59 Å². The quantitative estimate of drug-likeness (QED) is 0.180. The third-order valence-electron chi connectivity index (χ3n) is 6.32. The summed E-state index contributed by atoms with van der Waals surface area (Å²) in [5.74, 6) is -4.99. The third-order valence-corrected chi connectivity index (χ3v) is 6.32. The van der Waals surface area contributed by atoms with Crippen molar-refractivity contribution in [2.75, 3.05) is 26.2 Å². The van der Waals surface area contributed by atoms with Gasteiger partial charge < -0.3 is 24.6 Å². The number of aliphatic carboxylic acids is 3. The Morgan fingerprint density at radius 1 is 0.806 bits per heavy atom. The molecule has 7 nitrogen and oxygen atoms in total. The summed E-state index contributed by atoms with van der Waals surface area (Å²) >= 11 is 0. The summed E-state index contributed by atoms with van der Waals surface area (Å²) in [6.07, 6.45) is 10.3. The molecule has 3 atom stereocenters. The molecule has 2 N–H and O–H groups in total. The van der Waals surface area contributed by atoms with Gasteiger partial charge in [-0.05, 0) is 51.9 Å². The first-order valence-corrected chi connectivity index (χ1v) is 11.8. The number of carbonyl (C=O) groups is 3. The lowest BCUT2D eigenvalue weighted by atomic mass is 9.95. The van der Waals surface area contributed by atoms with Crippen LogP contribution in [0.25, 0.3) is 0 Å². The monoisotopic (exact) mass is 441 g/mol. The van der Waals surface area contributed by atoms with Gasteiger partial charge in [-0.1, -0.05) is 39.3 Å². The number of carbonyl (C=O) groups excluding carboxylic acids is 1. The molecular weight excluding hydrogens is 398 g/mol. The van der Waals surface area contributed by atoms with Crippen LogP contribution in [0.3, 0.4) is 0 Å². The average Bonchev–Trinajstić information content (AvgIpc) is 2.72. The molecule has 31 heavy (non-hydrogen) atoms. The smallest absolute Gasteiger partial charge is 0.312 e. The number of carboxylic acids is 3. The molecule has 7 heteroatoms. The predicted octanol–water partition coefficient (Wildman–Crippen LogP) is 3.33. The number of hydrogen-bond donors (Lipinski definition) is 2. The van der Waals surface area contributed by atoms with E-state index in [0.29, 0.717) is 25.8 Å². The van der Waals surface area contributed by atoms with Crippen LogP contribution in [0, 0.1) is 17.8 Å². The molecule has 0 saturated heterocycles. The lowest BCUT2D eigenvalue weighted by molar-refractivity contribution is -0.935. The Hall–Kier alpha value is -1.89. The van der Waals surface area contributed by atoms with Crippen LogP contribution >= 0.6 is 0 Å². The molecule has 180 valence electrons. The summed E-state index contributed by atoms with van der Waals surface area (Å²) in [5, 5.41) is 31.0. The van der Waals surface area contributed by atoms with Crippen molar-refractivity contribution >= 4 is 17.9 Å². The van der Waals surface area contributed by atoms with E-state index < -0.39 is 35.7 Å². The van der Waals surface area contributed by atoms with Gasteiger partial charge in [0.1, 0.15) is 11.8 Å². The van der Waals surface area contributed by atoms with Crippen LogP contribution in [0.5, 0.6) is 0 Å². The van der Waals surface area contributed by atoms with Crippen molar-refractivity contribution in [1.29, 1.82) is 0 Å². The van der Waals surface area contributed by atoms with Gasteiger partial charge in [-0.2, -0.15) is 0 Å². The Morgan fingerprint density at radius 2 is 1.26 bits per heavy atom. The second kappa shape index (κ2) is 15.8. The Kier molecular flexibility index (Phi) is 14.9. The maximum Gasteiger partial charge on any atom is 0.312 e. The number of quaternary nitrogens is 1. The fourth-order valence-electron chi connectivity index (χ4n) is 4.26. The zero-order valence-electron chi connectivity index (χ0n) is 19.8. The summed E-state index contributed by atoms with van der Waals surface area (Å²) in [6, 6.07) is 0. The number of allylic oxidation sites excluding steroid dienone is 2. The van der Waals surface area contributed by atoms with Crippen LogP contribution in [0.15, 0.2) is 12.2 Å². The topological polar surface area (TPSA) is 115 Å². The van der Waals surface area contributed by atoms with Gasteiger partial charge in [0.25, 0.3) is 0 Å². The molecule has 0 aromatic rings. The van der Waals surface area contributed by atoms with E-state index in [-0.39, 0.29) is 24.1 Å². The molecule has 0 radical (unpaired) electrons. The minimum absolute atomic E-state index is 0.205. The van der Waals surface area contributed by atoms with Crippen molar-refractivity contribution in [3.63, 3.8) is 0 Å².